The van der Waals surface area contributed by atoms with E-state index >= 15 is 0 Å². The van der Waals surface area contributed by atoms with E-state index in [1.165, 1.54) is 75.1 Å². The SMILES string of the molecule is CN1CCN(CCCc2cc3ccc2CCc2cccc(c2)CC3)CC1. The van der Waals surface area contributed by atoms with Gasteiger partial charge in [-0.25, -0.2) is 0 Å². The summed E-state index contributed by atoms with van der Waals surface area (Å²) in [6, 6.07) is 16.5. The number of rotatable bonds is 4. The summed E-state index contributed by atoms with van der Waals surface area (Å²) in [5, 5.41) is 0. The average molecular weight is 349 g/mol. The number of nitrogens with zero attached hydrogens (tertiary/aromatic N) is 2. The first-order valence-electron chi connectivity index (χ1n) is 10.4. The molecule has 1 saturated heterocycles. The maximum Gasteiger partial charge on any atom is 0.0110 e. The van der Waals surface area contributed by atoms with Crippen LogP contribution < -0.4 is 0 Å². The van der Waals surface area contributed by atoms with Crippen LogP contribution in [0.4, 0.5) is 0 Å². The molecule has 3 aliphatic rings. The van der Waals surface area contributed by atoms with Gasteiger partial charge in [0.15, 0.2) is 0 Å². The van der Waals surface area contributed by atoms with E-state index in [1.807, 2.05) is 0 Å². The predicted octanol–water partition coefficient (Wildman–Crippen LogP) is 3.75. The molecule has 0 radical (unpaired) electrons. The van der Waals surface area contributed by atoms with Crippen LogP contribution >= 0.6 is 0 Å². The van der Waals surface area contributed by atoms with Gasteiger partial charge in [0.1, 0.15) is 0 Å². The second-order valence-corrected chi connectivity index (χ2v) is 8.17. The van der Waals surface area contributed by atoms with E-state index in [9.17, 15) is 0 Å². The summed E-state index contributed by atoms with van der Waals surface area (Å²) >= 11 is 0. The van der Waals surface area contributed by atoms with Crippen molar-refractivity contribution in [3.8, 4) is 0 Å². The van der Waals surface area contributed by atoms with Gasteiger partial charge >= 0.3 is 0 Å². The molecule has 0 N–H and O–H groups in total. The lowest BCUT2D eigenvalue weighted by molar-refractivity contribution is 0.153. The van der Waals surface area contributed by atoms with Crippen molar-refractivity contribution in [2.45, 2.75) is 38.5 Å². The number of benzene rings is 2. The molecule has 5 rings (SSSR count). The highest BCUT2D eigenvalue weighted by Gasteiger charge is 2.14. The van der Waals surface area contributed by atoms with Crippen LogP contribution in [0.3, 0.4) is 0 Å². The van der Waals surface area contributed by atoms with E-state index in [0.29, 0.717) is 0 Å². The molecule has 1 fully saturated rings. The van der Waals surface area contributed by atoms with E-state index in [1.54, 1.807) is 11.1 Å². The molecular weight excluding hydrogens is 316 g/mol. The van der Waals surface area contributed by atoms with E-state index in [4.69, 9.17) is 0 Å². The zero-order chi connectivity index (χ0) is 17.8. The van der Waals surface area contributed by atoms with Gasteiger partial charge in [0.05, 0.1) is 0 Å². The molecule has 0 amide bonds. The monoisotopic (exact) mass is 348 g/mol. The molecule has 26 heavy (non-hydrogen) atoms. The number of hydrogen-bond donors (Lipinski definition) is 0. The van der Waals surface area contributed by atoms with Gasteiger partial charge < -0.3 is 9.80 Å². The van der Waals surface area contributed by atoms with Gasteiger partial charge in [0.2, 0.25) is 0 Å². The minimum Gasteiger partial charge on any atom is -0.304 e. The molecule has 0 atom stereocenters. The van der Waals surface area contributed by atoms with Crippen LogP contribution in [0.25, 0.3) is 0 Å². The van der Waals surface area contributed by atoms with Gasteiger partial charge in [0, 0.05) is 26.2 Å². The summed E-state index contributed by atoms with van der Waals surface area (Å²) in [4.78, 5) is 5.08. The summed E-state index contributed by atoms with van der Waals surface area (Å²) in [5.41, 5.74) is 7.67. The van der Waals surface area contributed by atoms with E-state index in [2.05, 4.69) is 59.3 Å². The molecule has 1 heterocycles. The van der Waals surface area contributed by atoms with Gasteiger partial charge in [-0.1, -0.05) is 42.5 Å². The average Bonchev–Trinajstić information content (AvgIpc) is 2.70. The Morgan fingerprint density at radius 2 is 1.46 bits per heavy atom. The fourth-order valence-corrected chi connectivity index (χ4v) is 4.38. The van der Waals surface area contributed by atoms with Crippen molar-refractivity contribution < 1.29 is 0 Å². The predicted molar refractivity (Wildman–Crippen MR) is 110 cm³/mol. The summed E-state index contributed by atoms with van der Waals surface area (Å²) in [6.45, 7) is 6.16. The maximum atomic E-state index is 2.64. The van der Waals surface area contributed by atoms with Crippen LogP contribution in [0, 0.1) is 0 Å². The van der Waals surface area contributed by atoms with Crippen molar-refractivity contribution in [2.24, 2.45) is 0 Å². The molecule has 0 aromatic heterocycles. The number of likely N-dealkylation sites (N-methyl/N-ethyl adjacent to an activating group) is 1. The third-order valence-corrected chi connectivity index (χ3v) is 6.16. The van der Waals surface area contributed by atoms with Crippen molar-refractivity contribution in [2.75, 3.05) is 39.8 Å². The van der Waals surface area contributed by atoms with Gasteiger partial charge in [-0.2, -0.15) is 0 Å². The topological polar surface area (TPSA) is 6.48 Å². The van der Waals surface area contributed by atoms with E-state index < -0.39 is 0 Å². The molecular formula is C24H32N2. The van der Waals surface area contributed by atoms with Gasteiger partial charge in [-0.05, 0) is 79.9 Å². The van der Waals surface area contributed by atoms with Crippen molar-refractivity contribution in [1.29, 1.82) is 0 Å². The first-order chi connectivity index (χ1) is 12.8. The first-order valence-corrected chi connectivity index (χ1v) is 10.4. The third-order valence-electron chi connectivity index (χ3n) is 6.16. The van der Waals surface area contributed by atoms with Crippen LogP contribution in [0.5, 0.6) is 0 Å². The molecule has 0 spiro atoms. The minimum atomic E-state index is 1.16. The number of fused-ring (bicyclic) bond motifs is 4. The lowest BCUT2D eigenvalue weighted by Gasteiger charge is -2.32. The Labute approximate surface area is 158 Å². The van der Waals surface area contributed by atoms with Crippen LogP contribution in [0.1, 0.15) is 34.2 Å². The molecule has 2 aromatic rings. The Hall–Kier alpha value is -1.64. The zero-order valence-corrected chi connectivity index (χ0v) is 16.2. The van der Waals surface area contributed by atoms with Gasteiger partial charge in [0.25, 0.3) is 0 Å². The molecule has 138 valence electrons. The summed E-state index contributed by atoms with van der Waals surface area (Å²) in [7, 11) is 2.23. The summed E-state index contributed by atoms with van der Waals surface area (Å²) < 4.78 is 0. The largest absolute Gasteiger partial charge is 0.304 e. The molecule has 2 aliphatic carbocycles. The molecule has 2 nitrogen and oxygen atoms in total. The second-order valence-electron chi connectivity index (χ2n) is 8.17. The highest BCUT2D eigenvalue weighted by molar-refractivity contribution is 5.35. The first kappa shape index (κ1) is 17.8. The quantitative estimate of drug-likeness (QED) is 0.830. The van der Waals surface area contributed by atoms with Crippen LogP contribution in [0.15, 0.2) is 42.5 Å². The van der Waals surface area contributed by atoms with E-state index in [-0.39, 0.29) is 0 Å². The molecule has 0 unspecified atom stereocenters. The second kappa shape index (κ2) is 8.37. The Morgan fingerprint density at radius 3 is 2.23 bits per heavy atom. The van der Waals surface area contributed by atoms with Crippen molar-refractivity contribution in [1.82, 2.24) is 9.80 Å². The van der Waals surface area contributed by atoms with Crippen LogP contribution in [-0.4, -0.2) is 49.6 Å². The molecule has 0 saturated carbocycles. The van der Waals surface area contributed by atoms with Crippen molar-refractivity contribution >= 4 is 0 Å². The molecule has 4 bridgehead atoms. The highest BCUT2D eigenvalue weighted by atomic mass is 15.2. The lowest BCUT2D eigenvalue weighted by atomic mass is 9.95. The molecule has 1 aliphatic heterocycles. The summed E-state index contributed by atoms with van der Waals surface area (Å²) in [6.07, 6.45) is 7.18. The third kappa shape index (κ3) is 4.55. The Bertz CT molecular complexity index is 729. The van der Waals surface area contributed by atoms with Gasteiger partial charge in [-0.15, -0.1) is 0 Å². The van der Waals surface area contributed by atoms with Crippen LogP contribution in [-0.2, 0) is 32.1 Å². The molecule has 2 aromatic carbocycles. The zero-order valence-electron chi connectivity index (χ0n) is 16.2. The Morgan fingerprint density at radius 1 is 0.769 bits per heavy atom. The Balaban J connectivity index is 1.41. The number of hydrogen-bond acceptors (Lipinski definition) is 2. The number of aryl methyl sites for hydroxylation is 5. The smallest absolute Gasteiger partial charge is 0.0110 e. The van der Waals surface area contributed by atoms with Crippen LogP contribution in [0.2, 0.25) is 0 Å². The maximum absolute atomic E-state index is 2.64. The number of piperazine rings is 1. The Kier molecular flexibility index (Phi) is 5.72. The van der Waals surface area contributed by atoms with E-state index in [0.717, 1.165) is 12.8 Å². The van der Waals surface area contributed by atoms with Gasteiger partial charge in [-0.3, -0.25) is 0 Å². The fourth-order valence-electron chi connectivity index (χ4n) is 4.38. The van der Waals surface area contributed by atoms with Crippen molar-refractivity contribution in [3.05, 3.63) is 70.3 Å². The van der Waals surface area contributed by atoms with Crippen molar-refractivity contribution in [3.63, 3.8) is 0 Å². The standard InChI is InChI=1S/C24H32N2/c1-25-14-16-26(17-15-25)13-3-6-24-19-22-8-7-20-4-2-5-21(18-20)9-11-23(24)12-10-22/h2,4-5,10,12,18-19H,3,6-9,11,13-17H2,1H3. The highest BCUT2D eigenvalue weighted by Crippen LogP contribution is 2.21. The minimum absolute atomic E-state index is 1.16. The molecule has 2 heteroatoms. The fraction of sp³-hybridized carbons (Fsp3) is 0.500. The summed E-state index contributed by atoms with van der Waals surface area (Å²) in [5.74, 6) is 0. The lowest BCUT2D eigenvalue weighted by Crippen LogP contribution is -2.44. The normalized spacial score (nSPS) is 18.7.